The third kappa shape index (κ3) is 7.30. The van der Waals surface area contributed by atoms with E-state index in [2.05, 4.69) is 43.4 Å². The molecule has 0 aliphatic heterocycles. The van der Waals surface area contributed by atoms with Gasteiger partial charge in [0, 0.05) is 49.3 Å². The van der Waals surface area contributed by atoms with E-state index < -0.39 is 0 Å². The van der Waals surface area contributed by atoms with E-state index in [4.69, 9.17) is 10.5 Å². The number of hydrogen-bond donors (Lipinski definition) is 2. The minimum atomic E-state index is 0.483. The van der Waals surface area contributed by atoms with Gasteiger partial charge in [0.2, 0.25) is 0 Å². The first-order valence-electron chi connectivity index (χ1n) is 12.8. The number of nitrogens with one attached hydrogen (secondary N) is 2. The van der Waals surface area contributed by atoms with E-state index in [1.165, 1.54) is 0 Å². The lowest BCUT2D eigenvalue weighted by molar-refractivity contribution is 0.905. The number of fused-ring (bicyclic) bond motifs is 1. The molecule has 0 unspecified atom stereocenters. The van der Waals surface area contributed by atoms with Gasteiger partial charge in [-0.25, -0.2) is 0 Å². The Morgan fingerprint density at radius 2 is 1.07 bits per heavy atom. The summed E-state index contributed by atoms with van der Waals surface area (Å²) < 4.78 is 0. The molecule has 2 N–H and O–H groups in total. The van der Waals surface area contributed by atoms with Crippen molar-refractivity contribution in [2.45, 2.75) is 12.8 Å². The topological polar surface area (TPSA) is 129 Å². The molecule has 200 valence electrons. The zero-order valence-electron chi connectivity index (χ0n) is 22.5. The summed E-state index contributed by atoms with van der Waals surface area (Å²) in [5.74, 6) is 1.07. The molecule has 0 amide bonds. The SMILES string of the molecule is CN(CCC#N)c1ccc(C=NNc2nnc(NN=Cc3ccc(N(C)CCC#N)cc3)c3ccccc23)cc1. The van der Waals surface area contributed by atoms with Crippen molar-refractivity contribution in [2.24, 2.45) is 10.2 Å². The van der Waals surface area contributed by atoms with Gasteiger partial charge in [0.15, 0.2) is 11.6 Å². The van der Waals surface area contributed by atoms with E-state index >= 15 is 0 Å². The van der Waals surface area contributed by atoms with Crippen LogP contribution in [0, 0.1) is 22.7 Å². The second kappa shape index (κ2) is 13.9. The Kier molecular flexibility index (Phi) is 9.57. The first kappa shape index (κ1) is 27.6. The molecule has 0 saturated heterocycles. The van der Waals surface area contributed by atoms with Gasteiger partial charge in [0.1, 0.15) is 0 Å². The van der Waals surface area contributed by atoms with Crippen LogP contribution in [0.5, 0.6) is 0 Å². The van der Waals surface area contributed by atoms with Gasteiger partial charge in [-0.2, -0.15) is 20.7 Å². The fraction of sp³-hybridized carbons (Fsp3) is 0.200. The molecule has 1 aromatic heterocycles. The van der Waals surface area contributed by atoms with E-state index in [0.717, 1.165) is 33.3 Å². The predicted molar refractivity (Wildman–Crippen MR) is 162 cm³/mol. The normalized spacial score (nSPS) is 10.9. The Bertz CT molecular complexity index is 1430. The van der Waals surface area contributed by atoms with Crippen LogP contribution in [0.25, 0.3) is 10.8 Å². The Labute approximate surface area is 233 Å². The number of benzene rings is 3. The second-order valence-corrected chi connectivity index (χ2v) is 9.03. The fourth-order valence-corrected chi connectivity index (χ4v) is 3.93. The summed E-state index contributed by atoms with van der Waals surface area (Å²) in [4.78, 5) is 4.08. The number of rotatable bonds is 12. The molecular formula is C30H30N10. The van der Waals surface area contributed by atoms with E-state index in [0.29, 0.717) is 37.6 Å². The lowest BCUT2D eigenvalue weighted by Gasteiger charge is -2.17. The smallest absolute Gasteiger partial charge is 0.176 e. The van der Waals surface area contributed by atoms with Crippen LogP contribution >= 0.6 is 0 Å². The van der Waals surface area contributed by atoms with Gasteiger partial charge in [-0.3, -0.25) is 10.9 Å². The van der Waals surface area contributed by atoms with Crippen LogP contribution in [-0.4, -0.2) is 49.8 Å². The van der Waals surface area contributed by atoms with Crippen molar-refractivity contribution >= 4 is 46.2 Å². The highest BCUT2D eigenvalue weighted by Gasteiger charge is 2.08. The maximum absolute atomic E-state index is 8.77. The van der Waals surface area contributed by atoms with E-state index in [9.17, 15) is 0 Å². The summed E-state index contributed by atoms with van der Waals surface area (Å²) in [6, 6.07) is 28.0. The summed E-state index contributed by atoms with van der Waals surface area (Å²) in [7, 11) is 3.93. The van der Waals surface area contributed by atoms with Gasteiger partial charge in [-0.15, -0.1) is 10.2 Å². The quantitative estimate of drug-likeness (QED) is 0.188. The lowest BCUT2D eigenvalue weighted by Crippen LogP contribution is -2.17. The van der Waals surface area contributed by atoms with Crippen molar-refractivity contribution in [1.82, 2.24) is 10.2 Å². The number of anilines is 4. The molecule has 0 aliphatic rings. The van der Waals surface area contributed by atoms with E-state index in [1.54, 1.807) is 12.4 Å². The molecule has 40 heavy (non-hydrogen) atoms. The average Bonchev–Trinajstić information content (AvgIpc) is 3.00. The third-order valence-corrected chi connectivity index (χ3v) is 6.24. The lowest BCUT2D eigenvalue weighted by atomic mass is 10.2. The highest BCUT2D eigenvalue weighted by atomic mass is 15.4. The standard InChI is InChI=1S/C30H30N10/c1-39(19-5-17-31)25-13-9-23(10-14-25)21-33-35-29-27-7-3-4-8-28(27)30(38-37-29)36-34-22-24-11-15-26(16-12-24)40(2)20-6-18-32/h3-4,7-16,21-22H,5-6,19-20H2,1-2H3,(H,35,37)(H,36,38). The molecule has 10 nitrogen and oxygen atoms in total. The highest BCUT2D eigenvalue weighted by Crippen LogP contribution is 2.26. The molecule has 10 heteroatoms. The van der Waals surface area contributed by atoms with Gasteiger partial charge >= 0.3 is 0 Å². The molecule has 4 rings (SSSR count). The zero-order chi connectivity index (χ0) is 28.2. The van der Waals surface area contributed by atoms with Crippen LogP contribution in [-0.2, 0) is 0 Å². The van der Waals surface area contributed by atoms with Crippen molar-refractivity contribution < 1.29 is 0 Å². The van der Waals surface area contributed by atoms with Crippen molar-refractivity contribution in [2.75, 3.05) is 47.8 Å². The number of nitriles is 2. The van der Waals surface area contributed by atoms with Gasteiger partial charge < -0.3 is 9.80 Å². The Morgan fingerprint density at radius 3 is 1.45 bits per heavy atom. The number of hydrazone groups is 2. The van der Waals surface area contributed by atoms with Crippen LogP contribution < -0.4 is 20.7 Å². The van der Waals surface area contributed by atoms with Gasteiger partial charge in [0.25, 0.3) is 0 Å². The van der Waals surface area contributed by atoms with Crippen LogP contribution in [0.3, 0.4) is 0 Å². The molecule has 4 aromatic rings. The number of aromatic nitrogens is 2. The molecule has 0 aliphatic carbocycles. The van der Waals surface area contributed by atoms with Crippen LogP contribution in [0.2, 0.25) is 0 Å². The molecule has 1 heterocycles. The Balaban J connectivity index is 1.40. The Hall–Kier alpha value is -5.48. The van der Waals surface area contributed by atoms with Crippen molar-refractivity contribution in [3.05, 3.63) is 83.9 Å². The molecule has 0 spiro atoms. The fourth-order valence-electron chi connectivity index (χ4n) is 3.93. The maximum atomic E-state index is 8.77. The van der Waals surface area contributed by atoms with Crippen LogP contribution in [0.1, 0.15) is 24.0 Å². The van der Waals surface area contributed by atoms with Crippen LogP contribution in [0.4, 0.5) is 23.0 Å². The summed E-state index contributed by atoms with van der Waals surface area (Å²) in [5.41, 5.74) is 9.94. The van der Waals surface area contributed by atoms with Crippen molar-refractivity contribution in [3.8, 4) is 12.1 Å². The second-order valence-electron chi connectivity index (χ2n) is 9.03. The van der Waals surface area contributed by atoms with Gasteiger partial charge in [-0.1, -0.05) is 48.5 Å². The minimum Gasteiger partial charge on any atom is -0.374 e. The van der Waals surface area contributed by atoms with E-state index in [1.807, 2.05) is 96.7 Å². The molecule has 0 radical (unpaired) electrons. The molecule has 0 fully saturated rings. The molecule has 3 aromatic carbocycles. The third-order valence-electron chi connectivity index (χ3n) is 6.24. The zero-order valence-corrected chi connectivity index (χ0v) is 22.5. The summed E-state index contributed by atoms with van der Waals surface area (Å²) in [6.45, 7) is 1.37. The highest BCUT2D eigenvalue weighted by molar-refractivity contribution is 5.98. The average molecular weight is 531 g/mol. The van der Waals surface area contributed by atoms with E-state index in [-0.39, 0.29) is 0 Å². The van der Waals surface area contributed by atoms with Crippen molar-refractivity contribution in [1.29, 1.82) is 10.5 Å². The number of nitrogens with zero attached hydrogens (tertiary/aromatic N) is 8. The van der Waals surface area contributed by atoms with Gasteiger partial charge in [-0.05, 0) is 35.4 Å². The summed E-state index contributed by atoms with van der Waals surface area (Å²) in [5, 5.41) is 36.6. The van der Waals surface area contributed by atoms with Gasteiger partial charge in [0.05, 0.1) is 37.4 Å². The largest absolute Gasteiger partial charge is 0.374 e. The first-order valence-corrected chi connectivity index (χ1v) is 12.8. The molecule has 0 bridgehead atoms. The molecular weight excluding hydrogens is 500 g/mol. The Morgan fingerprint density at radius 1 is 0.675 bits per heavy atom. The van der Waals surface area contributed by atoms with Crippen molar-refractivity contribution in [3.63, 3.8) is 0 Å². The van der Waals surface area contributed by atoms with Crippen LogP contribution in [0.15, 0.2) is 83.0 Å². The predicted octanol–water partition coefficient (Wildman–Crippen LogP) is 5.22. The summed E-state index contributed by atoms with van der Waals surface area (Å²) in [6.07, 6.45) is 4.41. The molecule has 0 saturated carbocycles. The number of hydrogen-bond acceptors (Lipinski definition) is 10. The molecule has 0 atom stereocenters. The summed E-state index contributed by atoms with van der Waals surface area (Å²) >= 11 is 0. The first-order chi connectivity index (χ1) is 19.6. The maximum Gasteiger partial charge on any atom is 0.176 e. The minimum absolute atomic E-state index is 0.483. The monoisotopic (exact) mass is 530 g/mol.